The van der Waals surface area contributed by atoms with Crippen molar-refractivity contribution in [3.63, 3.8) is 0 Å². The van der Waals surface area contributed by atoms with Crippen LogP contribution in [0.4, 0.5) is 22.0 Å². The number of hydrogen-bond acceptors (Lipinski definition) is 5. The first-order valence-electron chi connectivity index (χ1n) is 10.9. The van der Waals surface area contributed by atoms with E-state index >= 15 is 8.78 Å². The molecule has 0 radical (unpaired) electrons. The van der Waals surface area contributed by atoms with E-state index < -0.39 is 58.6 Å². The topological polar surface area (TPSA) is 79.2 Å². The summed E-state index contributed by atoms with van der Waals surface area (Å²) in [5.41, 5.74) is -3.27. The van der Waals surface area contributed by atoms with Crippen molar-refractivity contribution in [3.8, 4) is 6.07 Å². The van der Waals surface area contributed by atoms with Crippen molar-refractivity contribution in [2.45, 2.75) is 56.8 Å². The third kappa shape index (κ3) is 5.74. The maximum atomic E-state index is 15.4. The van der Waals surface area contributed by atoms with Crippen LogP contribution in [0.2, 0.25) is 10.0 Å². The van der Waals surface area contributed by atoms with Crippen LogP contribution in [0.15, 0.2) is 36.4 Å². The molecule has 198 valence electrons. The molecule has 4 atom stereocenters. The summed E-state index contributed by atoms with van der Waals surface area (Å²) in [5, 5.41) is 13.3. The third-order valence-corrected chi connectivity index (χ3v) is 6.57. The van der Waals surface area contributed by atoms with Crippen LogP contribution < -0.4 is 5.32 Å². The summed E-state index contributed by atoms with van der Waals surface area (Å²) >= 11 is 12.0. The number of benzene rings is 2. The van der Waals surface area contributed by atoms with Gasteiger partial charge in [0, 0.05) is 27.6 Å². The van der Waals surface area contributed by atoms with E-state index in [1.807, 2.05) is 6.07 Å². The van der Waals surface area contributed by atoms with E-state index in [4.69, 9.17) is 23.2 Å². The van der Waals surface area contributed by atoms with Gasteiger partial charge in [-0.25, -0.2) is 18.4 Å². The van der Waals surface area contributed by atoms with Crippen LogP contribution in [0.3, 0.4) is 0 Å². The number of nitrogens with one attached hydrogen (secondary N) is 1. The monoisotopic (exact) mass is 562 g/mol. The fraction of sp³-hybridized carbons (Fsp3) is 0.400. The molecule has 2 aromatic rings. The Morgan fingerprint density at radius 3 is 2.19 bits per heavy atom. The molecule has 5 nitrogen and oxygen atoms in total. The van der Waals surface area contributed by atoms with Crippen molar-refractivity contribution in [1.29, 1.82) is 5.26 Å². The lowest BCUT2D eigenvalue weighted by atomic mass is 9.62. The summed E-state index contributed by atoms with van der Waals surface area (Å²) in [5.74, 6) is -8.07. The SMILES string of the molecule is CC(C)(C)C[C@@H]1N[C@@H](C(=O)OC(=O)C(F)(F)F)[C@H](c2cc(Cl)ccc2F)[C@@]1(C#N)c1ccc(Cl)cc1F. The average molecular weight is 563 g/mol. The number of esters is 2. The number of alkyl halides is 3. The van der Waals surface area contributed by atoms with E-state index in [0.29, 0.717) is 0 Å². The van der Waals surface area contributed by atoms with Crippen LogP contribution in [0, 0.1) is 28.4 Å². The molecule has 0 amide bonds. The Kier molecular flexibility index (Phi) is 7.94. The summed E-state index contributed by atoms with van der Waals surface area (Å²) in [4.78, 5) is 24.5. The molecule has 1 fully saturated rings. The lowest BCUT2D eigenvalue weighted by Crippen LogP contribution is -2.45. The van der Waals surface area contributed by atoms with Gasteiger partial charge in [-0.1, -0.05) is 50.0 Å². The average Bonchev–Trinajstić information content (AvgIpc) is 3.07. The summed E-state index contributed by atoms with van der Waals surface area (Å²) in [6, 6.07) is 5.68. The van der Waals surface area contributed by atoms with E-state index in [1.165, 1.54) is 18.2 Å². The van der Waals surface area contributed by atoms with Gasteiger partial charge in [0.25, 0.3) is 0 Å². The zero-order valence-electron chi connectivity index (χ0n) is 19.7. The highest BCUT2D eigenvalue weighted by Crippen LogP contribution is 2.52. The molecule has 0 unspecified atom stereocenters. The molecule has 0 bridgehead atoms. The second-order valence-electron chi connectivity index (χ2n) is 9.92. The highest BCUT2D eigenvalue weighted by Gasteiger charge is 2.62. The van der Waals surface area contributed by atoms with Gasteiger partial charge in [0.15, 0.2) is 0 Å². The van der Waals surface area contributed by atoms with Crippen molar-refractivity contribution in [1.82, 2.24) is 5.32 Å². The number of nitriles is 1. The minimum Gasteiger partial charge on any atom is -0.385 e. The molecular weight excluding hydrogens is 542 g/mol. The maximum Gasteiger partial charge on any atom is 0.491 e. The van der Waals surface area contributed by atoms with E-state index in [1.54, 1.807) is 20.8 Å². The molecule has 1 saturated heterocycles. The van der Waals surface area contributed by atoms with Crippen LogP contribution in [-0.2, 0) is 19.7 Å². The summed E-state index contributed by atoms with van der Waals surface area (Å²) in [6.07, 6.45) is -5.41. The maximum absolute atomic E-state index is 15.4. The molecule has 1 aliphatic heterocycles. The van der Waals surface area contributed by atoms with Crippen LogP contribution in [0.1, 0.15) is 44.2 Å². The Balaban J connectivity index is 2.34. The Hall–Kier alpha value is -2.74. The highest BCUT2D eigenvalue weighted by atomic mass is 35.5. The minimum absolute atomic E-state index is 0.00936. The van der Waals surface area contributed by atoms with Gasteiger partial charge in [-0.15, -0.1) is 0 Å². The second-order valence-corrected chi connectivity index (χ2v) is 10.8. The lowest BCUT2D eigenvalue weighted by Gasteiger charge is -2.37. The van der Waals surface area contributed by atoms with Crippen molar-refractivity contribution < 1.29 is 36.3 Å². The lowest BCUT2D eigenvalue weighted by molar-refractivity contribution is -0.202. The first kappa shape index (κ1) is 28.8. The number of carbonyl (C=O) groups is 2. The summed E-state index contributed by atoms with van der Waals surface area (Å²) in [6.45, 7) is 5.34. The molecule has 0 aliphatic carbocycles. The smallest absolute Gasteiger partial charge is 0.385 e. The molecule has 2 aromatic carbocycles. The van der Waals surface area contributed by atoms with E-state index in [-0.39, 0.29) is 27.6 Å². The molecule has 0 aromatic heterocycles. The first-order valence-corrected chi connectivity index (χ1v) is 11.7. The van der Waals surface area contributed by atoms with Gasteiger partial charge in [-0.05, 0) is 47.7 Å². The van der Waals surface area contributed by atoms with Gasteiger partial charge in [-0.3, -0.25) is 5.32 Å². The van der Waals surface area contributed by atoms with E-state index in [0.717, 1.165) is 18.2 Å². The van der Waals surface area contributed by atoms with Crippen molar-refractivity contribution in [2.75, 3.05) is 0 Å². The number of ether oxygens (including phenoxy) is 1. The van der Waals surface area contributed by atoms with Crippen LogP contribution in [0.25, 0.3) is 0 Å². The Morgan fingerprint density at radius 1 is 1.05 bits per heavy atom. The van der Waals surface area contributed by atoms with Crippen molar-refractivity contribution >= 4 is 35.1 Å². The highest BCUT2D eigenvalue weighted by molar-refractivity contribution is 6.30. The van der Waals surface area contributed by atoms with Crippen molar-refractivity contribution in [2.24, 2.45) is 5.41 Å². The van der Waals surface area contributed by atoms with E-state index in [9.17, 15) is 28.0 Å². The number of rotatable bonds is 4. The molecular formula is C25H21Cl2F5N2O3. The van der Waals surface area contributed by atoms with Gasteiger partial charge in [0.1, 0.15) is 23.1 Å². The fourth-order valence-corrected chi connectivity index (χ4v) is 5.08. The molecule has 0 spiro atoms. The number of carbonyl (C=O) groups excluding carboxylic acids is 2. The van der Waals surface area contributed by atoms with Gasteiger partial charge in [-0.2, -0.15) is 18.4 Å². The van der Waals surface area contributed by atoms with Crippen molar-refractivity contribution in [3.05, 3.63) is 69.2 Å². The zero-order valence-corrected chi connectivity index (χ0v) is 21.2. The number of hydrogen-bond donors (Lipinski definition) is 1. The van der Waals surface area contributed by atoms with Crippen LogP contribution in [0.5, 0.6) is 0 Å². The van der Waals surface area contributed by atoms with Gasteiger partial charge < -0.3 is 4.74 Å². The zero-order chi connectivity index (χ0) is 27.9. The molecule has 1 N–H and O–H groups in total. The van der Waals surface area contributed by atoms with Gasteiger partial charge in [0.2, 0.25) is 0 Å². The second kappa shape index (κ2) is 10.2. The van der Waals surface area contributed by atoms with E-state index in [2.05, 4.69) is 10.1 Å². The largest absolute Gasteiger partial charge is 0.491 e. The minimum atomic E-state index is -5.50. The predicted octanol–water partition coefficient (Wildman–Crippen LogP) is 6.23. The molecule has 1 heterocycles. The predicted molar refractivity (Wildman–Crippen MR) is 125 cm³/mol. The fourth-order valence-electron chi connectivity index (χ4n) is 4.74. The molecule has 37 heavy (non-hydrogen) atoms. The number of nitrogens with zero attached hydrogens (tertiary/aromatic N) is 1. The summed E-state index contributed by atoms with van der Waals surface area (Å²) in [7, 11) is 0. The quantitative estimate of drug-likeness (QED) is 0.271. The van der Waals surface area contributed by atoms with Crippen LogP contribution >= 0.6 is 23.2 Å². The third-order valence-electron chi connectivity index (χ3n) is 6.10. The molecule has 1 aliphatic rings. The number of halogens is 7. The van der Waals surface area contributed by atoms with Gasteiger partial charge in [0.05, 0.1) is 6.07 Å². The molecule has 12 heteroatoms. The Bertz CT molecular complexity index is 1270. The first-order chi connectivity index (χ1) is 17.0. The molecule has 0 saturated carbocycles. The standard InChI is InChI=1S/C25H21Cl2F5N2O3/c1-23(2,3)10-18-24(11-33,15-6-4-13(27)9-17(15)29)19(14-8-12(26)5-7-16(14)28)20(34-18)21(35)37-22(36)25(30,31)32/h4-9,18-20,34H,10H2,1-3H3/t18-,19-,20+,24-/m0/s1. The molecule has 3 rings (SSSR count). The summed E-state index contributed by atoms with van der Waals surface area (Å²) < 4.78 is 73.3. The Morgan fingerprint density at radius 2 is 1.65 bits per heavy atom. The van der Waals surface area contributed by atoms with Crippen LogP contribution in [-0.4, -0.2) is 30.2 Å². The van der Waals surface area contributed by atoms with Gasteiger partial charge >= 0.3 is 18.1 Å². The normalized spacial score (nSPS) is 24.0. The Labute approximate surface area is 219 Å².